The first-order valence-electron chi connectivity index (χ1n) is 7.73. The molecule has 2 aromatic rings. The smallest absolute Gasteiger partial charge is 0.243 e. The Morgan fingerprint density at radius 3 is 2.48 bits per heavy atom. The molecule has 1 fully saturated rings. The van der Waals surface area contributed by atoms with Crippen LogP contribution in [0.25, 0.3) is 0 Å². The van der Waals surface area contributed by atoms with Gasteiger partial charge in [0.05, 0.1) is 10.6 Å². The molecule has 122 valence electrons. The van der Waals surface area contributed by atoms with Gasteiger partial charge in [-0.3, -0.25) is 4.99 Å². The number of hydrogen-bond donors (Lipinski definition) is 0. The summed E-state index contributed by atoms with van der Waals surface area (Å²) < 4.78 is 26.9. The third kappa shape index (κ3) is 3.88. The molecule has 1 aromatic carbocycles. The minimum absolute atomic E-state index is 0.349. The van der Waals surface area contributed by atoms with Gasteiger partial charge in [-0.1, -0.05) is 13.0 Å². The van der Waals surface area contributed by atoms with Crippen LogP contribution in [0.1, 0.15) is 24.6 Å². The summed E-state index contributed by atoms with van der Waals surface area (Å²) in [5.74, 6) is 0.607. The molecule has 0 radical (unpaired) electrons. The largest absolute Gasteiger partial charge is 0.255 e. The number of thiophene rings is 1. The molecule has 0 unspecified atom stereocenters. The van der Waals surface area contributed by atoms with Gasteiger partial charge in [-0.05, 0) is 54.5 Å². The summed E-state index contributed by atoms with van der Waals surface area (Å²) in [5.41, 5.74) is 0.754. The number of sulfonamides is 1. The average molecular weight is 348 g/mol. The molecule has 1 aliphatic heterocycles. The molecule has 0 spiro atoms. The van der Waals surface area contributed by atoms with Crippen LogP contribution in [0.5, 0.6) is 0 Å². The highest BCUT2D eigenvalue weighted by Crippen LogP contribution is 2.25. The number of piperidine rings is 1. The van der Waals surface area contributed by atoms with Gasteiger partial charge in [-0.2, -0.15) is 4.31 Å². The molecule has 2 heterocycles. The molecular weight excluding hydrogens is 328 g/mol. The molecule has 0 N–H and O–H groups in total. The van der Waals surface area contributed by atoms with E-state index in [1.165, 1.54) is 0 Å². The maximum atomic E-state index is 12.6. The van der Waals surface area contributed by atoms with Crippen LogP contribution < -0.4 is 0 Å². The van der Waals surface area contributed by atoms with E-state index in [0.717, 1.165) is 23.4 Å². The summed E-state index contributed by atoms with van der Waals surface area (Å²) in [6.07, 6.45) is 3.66. The van der Waals surface area contributed by atoms with E-state index >= 15 is 0 Å². The zero-order chi connectivity index (χ0) is 16.3. The quantitative estimate of drug-likeness (QED) is 0.786. The van der Waals surface area contributed by atoms with Crippen LogP contribution in [-0.2, 0) is 10.0 Å². The van der Waals surface area contributed by atoms with Gasteiger partial charge in [0, 0.05) is 24.2 Å². The first-order valence-corrected chi connectivity index (χ1v) is 10.1. The van der Waals surface area contributed by atoms with E-state index in [2.05, 4.69) is 11.9 Å². The standard InChI is InChI=1S/C17H20N2O2S2/c1-14-8-10-19(11-9-14)23(20,21)17-6-4-15(5-7-17)18-13-16-3-2-12-22-16/h2-7,12-14H,8-11H2,1H3. The maximum Gasteiger partial charge on any atom is 0.243 e. The maximum absolute atomic E-state index is 12.6. The first-order chi connectivity index (χ1) is 11.1. The van der Waals surface area contributed by atoms with Crippen molar-refractivity contribution in [3.05, 3.63) is 46.7 Å². The van der Waals surface area contributed by atoms with Crippen LogP contribution in [0.15, 0.2) is 51.7 Å². The van der Waals surface area contributed by atoms with E-state index in [-0.39, 0.29) is 0 Å². The van der Waals surface area contributed by atoms with Crippen LogP contribution in [0.3, 0.4) is 0 Å². The lowest BCUT2D eigenvalue weighted by atomic mass is 10.0. The molecule has 4 nitrogen and oxygen atoms in total. The summed E-state index contributed by atoms with van der Waals surface area (Å²) in [4.78, 5) is 5.79. The van der Waals surface area contributed by atoms with E-state index in [1.54, 1.807) is 46.1 Å². The highest BCUT2D eigenvalue weighted by atomic mass is 32.2. The van der Waals surface area contributed by atoms with Crippen LogP contribution in [0.4, 0.5) is 5.69 Å². The highest BCUT2D eigenvalue weighted by Gasteiger charge is 2.27. The Kier molecular flexibility index (Phi) is 4.94. The van der Waals surface area contributed by atoms with Gasteiger partial charge >= 0.3 is 0 Å². The molecule has 3 rings (SSSR count). The Morgan fingerprint density at radius 2 is 1.87 bits per heavy atom. The molecule has 1 aromatic heterocycles. The summed E-state index contributed by atoms with van der Waals surface area (Å²) in [7, 11) is -3.38. The Hall–Kier alpha value is -1.50. The third-order valence-electron chi connectivity index (χ3n) is 4.10. The topological polar surface area (TPSA) is 49.7 Å². The van der Waals surface area contributed by atoms with Crippen LogP contribution in [-0.4, -0.2) is 32.0 Å². The van der Waals surface area contributed by atoms with Crippen molar-refractivity contribution >= 4 is 33.3 Å². The van der Waals surface area contributed by atoms with Crippen molar-refractivity contribution in [3.8, 4) is 0 Å². The van der Waals surface area contributed by atoms with Crippen LogP contribution in [0.2, 0.25) is 0 Å². The molecule has 1 saturated heterocycles. The zero-order valence-corrected chi connectivity index (χ0v) is 14.7. The summed E-state index contributed by atoms with van der Waals surface area (Å²) in [5, 5.41) is 2.00. The number of aliphatic imine (C=N–C) groups is 1. The van der Waals surface area contributed by atoms with Crippen molar-refractivity contribution in [1.82, 2.24) is 4.31 Å². The second-order valence-corrected chi connectivity index (χ2v) is 8.77. The van der Waals surface area contributed by atoms with Crippen molar-refractivity contribution in [2.75, 3.05) is 13.1 Å². The molecule has 0 atom stereocenters. The molecule has 1 aliphatic rings. The Labute approximate surface area is 141 Å². The molecular formula is C17H20N2O2S2. The van der Waals surface area contributed by atoms with Gasteiger partial charge in [0.15, 0.2) is 0 Å². The van der Waals surface area contributed by atoms with Crippen molar-refractivity contribution in [2.24, 2.45) is 10.9 Å². The molecule has 0 amide bonds. The van der Waals surface area contributed by atoms with E-state index < -0.39 is 10.0 Å². The van der Waals surface area contributed by atoms with Gasteiger partial charge in [-0.15, -0.1) is 11.3 Å². The Balaban J connectivity index is 1.73. The SMILES string of the molecule is CC1CCN(S(=O)(=O)c2ccc(N=Cc3cccs3)cc2)CC1. The Bertz CT molecular complexity index is 757. The van der Waals surface area contributed by atoms with Gasteiger partial charge in [0.25, 0.3) is 0 Å². The van der Waals surface area contributed by atoms with Gasteiger partial charge in [0.1, 0.15) is 0 Å². The van der Waals surface area contributed by atoms with Gasteiger partial charge in [-0.25, -0.2) is 8.42 Å². The predicted octanol–water partition coefficient (Wildman–Crippen LogP) is 3.92. The lowest BCUT2D eigenvalue weighted by Crippen LogP contribution is -2.37. The minimum Gasteiger partial charge on any atom is -0.255 e. The Morgan fingerprint density at radius 1 is 1.17 bits per heavy atom. The molecule has 0 saturated carbocycles. The second-order valence-electron chi connectivity index (χ2n) is 5.85. The summed E-state index contributed by atoms with van der Waals surface area (Å²) in [6, 6.07) is 10.8. The number of benzene rings is 1. The second kappa shape index (κ2) is 6.95. The van der Waals surface area contributed by atoms with Crippen molar-refractivity contribution in [2.45, 2.75) is 24.7 Å². The third-order valence-corrected chi connectivity index (χ3v) is 6.82. The molecule has 0 aliphatic carbocycles. The first kappa shape index (κ1) is 16.4. The normalized spacial score (nSPS) is 17.8. The van der Waals surface area contributed by atoms with Gasteiger partial charge < -0.3 is 0 Å². The van der Waals surface area contributed by atoms with E-state index in [9.17, 15) is 8.42 Å². The fourth-order valence-corrected chi connectivity index (χ4v) is 4.64. The van der Waals surface area contributed by atoms with E-state index in [1.807, 2.05) is 17.5 Å². The fraction of sp³-hybridized carbons (Fsp3) is 0.353. The number of rotatable bonds is 4. The monoisotopic (exact) mass is 348 g/mol. The lowest BCUT2D eigenvalue weighted by molar-refractivity contribution is 0.288. The van der Waals surface area contributed by atoms with Crippen LogP contribution >= 0.6 is 11.3 Å². The highest BCUT2D eigenvalue weighted by molar-refractivity contribution is 7.89. The van der Waals surface area contributed by atoms with E-state index in [4.69, 9.17) is 0 Å². The lowest BCUT2D eigenvalue weighted by Gasteiger charge is -2.29. The summed E-state index contributed by atoms with van der Waals surface area (Å²) in [6.45, 7) is 3.40. The number of nitrogens with zero attached hydrogens (tertiary/aromatic N) is 2. The molecule has 6 heteroatoms. The van der Waals surface area contributed by atoms with Crippen molar-refractivity contribution < 1.29 is 8.42 Å². The summed E-state index contributed by atoms with van der Waals surface area (Å²) >= 11 is 1.62. The fourth-order valence-electron chi connectivity index (χ4n) is 2.58. The zero-order valence-electron chi connectivity index (χ0n) is 13.1. The average Bonchev–Trinajstić information content (AvgIpc) is 3.07. The van der Waals surface area contributed by atoms with Crippen molar-refractivity contribution in [1.29, 1.82) is 0 Å². The molecule has 23 heavy (non-hydrogen) atoms. The number of hydrogen-bond acceptors (Lipinski definition) is 4. The van der Waals surface area contributed by atoms with E-state index in [0.29, 0.717) is 23.9 Å². The van der Waals surface area contributed by atoms with Crippen molar-refractivity contribution in [3.63, 3.8) is 0 Å². The minimum atomic E-state index is -3.38. The molecule has 0 bridgehead atoms. The van der Waals surface area contributed by atoms with Crippen LogP contribution in [0, 0.1) is 5.92 Å². The predicted molar refractivity (Wildman–Crippen MR) is 95.2 cm³/mol. The van der Waals surface area contributed by atoms with Gasteiger partial charge in [0.2, 0.25) is 10.0 Å².